The van der Waals surface area contributed by atoms with Crippen LogP contribution in [0.2, 0.25) is 0 Å². The molecule has 1 aromatic carbocycles. The number of anilines is 1. The van der Waals surface area contributed by atoms with Crippen LogP contribution in [0.15, 0.2) is 18.2 Å². The van der Waals surface area contributed by atoms with Crippen molar-refractivity contribution in [2.45, 2.75) is 19.8 Å². The first kappa shape index (κ1) is 14.8. The van der Waals surface area contributed by atoms with Crippen LogP contribution in [0.4, 0.5) is 5.69 Å². The molecule has 0 atom stereocenters. The molecule has 0 saturated carbocycles. The molecule has 82 valence electrons. The summed E-state index contributed by atoms with van der Waals surface area (Å²) in [6.07, 6.45) is 1.77. The van der Waals surface area contributed by atoms with Crippen molar-refractivity contribution in [3.8, 4) is 5.75 Å². The van der Waals surface area contributed by atoms with Gasteiger partial charge in [-0.1, -0.05) is 6.92 Å². The van der Waals surface area contributed by atoms with Gasteiger partial charge in [-0.2, -0.15) is 0 Å². The van der Waals surface area contributed by atoms with Gasteiger partial charge in [0.1, 0.15) is 5.75 Å². The summed E-state index contributed by atoms with van der Waals surface area (Å²) in [6, 6.07) is 4.54. The molecule has 0 amide bonds. The smallest absolute Gasteiger partial charge is 1.00 e. The van der Waals surface area contributed by atoms with Crippen LogP contribution < -0.4 is 29.3 Å². The fourth-order valence-electron chi connectivity index (χ4n) is 1.11. The van der Waals surface area contributed by atoms with Crippen molar-refractivity contribution in [3.05, 3.63) is 23.8 Å². The van der Waals surface area contributed by atoms with E-state index in [1.807, 2.05) is 6.92 Å². The molecular weight excluding hydrogens is 201 g/mol. The minimum Gasteiger partial charge on any atom is -1.00 e. The van der Waals surface area contributed by atoms with E-state index in [1.54, 1.807) is 6.07 Å². The molecule has 1 rings (SSSR count). The largest absolute Gasteiger partial charge is 1.00 e. The van der Waals surface area contributed by atoms with Crippen LogP contribution >= 0.6 is 0 Å². The molecule has 16 heavy (non-hydrogen) atoms. The molecule has 0 unspecified atom stereocenters. The van der Waals surface area contributed by atoms with Crippen LogP contribution in [0, 0.1) is 0 Å². The summed E-state index contributed by atoms with van der Waals surface area (Å²) in [5.74, 6) is 0.0762. The maximum Gasteiger partial charge on any atom is 1.00 e. The molecule has 0 radical (unpaired) electrons. The van der Waals surface area contributed by atoms with E-state index in [9.17, 15) is 9.59 Å². The van der Waals surface area contributed by atoms with Gasteiger partial charge in [0.2, 0.25) is 0 Å². The zero-order valence-electron chi connectivity index (χ0n) is 10.5. The van der Waals surface area contributed by atoms with Gasteiger partial charge in [0.15, 0.2) is 6.29 Å². The molecule has 0 aliphatic heterocycles. The zero-order valence-corrected chi connectivity index (χ0v) is 9.53. The minimum atomic E-state index is -0.296. The number of nitrogens with two attached hydrogens (primary N) is 1. The summed E-state index contributed by atoms with van der Waals surface area (Å²) < 4.78 is 5.00. The molecule has 0 aliphatic carbocycles. The molecule has 5 heteroatoms. The van der Waals surface area contributed by atoms with E-state index in [0.29, 0.717) is 29.7 Å². The number of carbonyl (C=O) groups is 2. The monoisotopic (exact) mass is 215 g/mol. The topological polar surface area (TPSA) is 69.4 Å². The maximum absolute atomic E-state index is 11.1. The van der Waals surface area contributed by atoms with Crippen LogP contribution in [-0.2, 0) is 4.79 Å². The predicted molar refractivity (Wildman–Crippen MR) is 57.9 cm³/mol. The number of rotatable bonds is 4. The first-order valence-electron chi connectivity index (χ1n) is 4.72. The van der Waals surface area contributed by atoms with Gasteiger partial charge in [-0.05, 0) is 18.6 Å². The first-order chi connectivity index (χ1) is 7.17. The Morgan fingerprint density at radius 1 is 1.56 bits per heavy atom. The third kappa shape index (κ3) is 4.09. The Balaban J connectivity index is 0. The number of esters is 1. The molecule has 0 bridgehead atoms. The Kier molecular flexibility index (Phi) is 6.55. The Labute approximate surface area is 108 Å². The van der Waals surface area contributed by atoms with E-state index >= 15 is 0 Å². The van der Waals surface area contributed by atoms with Crippen molar-refractivity contribution in [2.24, 2.45) is 0 Å². The van der Waals surface area contributed by atoms with E-state index in [-0.39, 0.29) is 26.3 Å². The molecule has 0 saturated heterocycles. The summed E-state index contributed by atoms with van der Waals surface area (Å²) in [5.41, 5.74) is 6.26. The maximum atomic E-state index is 11.1. The van der Waals surface area contributed by atoms with E-state index in [0.717, 1.165) is 6.42 Å². The van der Waals surface area contributed by atoms with Crippen molar-refractivity contribution in [3.63, 3.8) is 0 Å². The molecule has 1 aromatic rings. The second-order valence-electron chi connectivity index (χ2n) is 3.13. The summed E-state index contributed by atoms with van der Waals surface area (Å²) in [6.45, 7) is 1.89. The Morgan fingerprint density at radius 2 is 2.25 bits per heavy atom. The van der Waals surface area contributed by atoms with E-state index in [1.165, 1.54) is 12.1 Å². The van der Waals surface area contributed by atoms with Crippen LogP contribution in [0.3, 0.4) is 0 Å². The summed E-state index contributed by atoms with van der Waals surface area (Å²) >= 11 is 0. The normalized spacial score (nSPS) is 9.06. The Hall–Kier alpha value is -1.24. The number of nitrogen functional groups attached to an aromatic ring is 1. The molecule has 2 N–H and O–H groups in total. The number of ether oxygens (including phenoxy) is 1. The third-order valence-electron chi connectivity index (χ3n) is 1.87. The fraction of sp³-hybridized carbons (Fsp3) is 0.273. The van der Waals surface area contributed by atoms with Gasteiger partial charge in [-0.3, -0.25) is 9.59 Å². The second-order valence-corrected chi connectivity index (χ2v) is 3.13. The molecular formula is C11H14LiNO3. The average Bonchev–Trinajstić information content (AvgIpc) is 2.18. The minimum absolute atomic E-state index is 0. The quantitative estimate of drug-likeness (QED) is 0.228. The number of hydrogen-bond donors (Lipinski definition) is 1. The van der Waals surface area contributed by atoms with E-state index in [4.69, 9.17) is 10.5 Å². The predicted octanol–water partition coefficient (Wildman–Crippen LogP) is -1.10. The van der Waals surface area contributed by atoms with Crippen molar-refractivity contribution >= 4 is 17.9 Å². The molecule has 0 aromatic heterocycles. The summed E-state index contributed by atoms with van der Waals surface area (Å²) in [5, 5.41) is 0. The van der Waals surface area contributed by atoms with Crippen LogP contribution in [0.25, 0.3) is 0 Å². The first-order valence-corrected chi connectivity index (χ1v) is 4.72. The standard InChI is InChI=1S/C11H13NO3.Li.H/c1-2-3-11(14)15-9-5-4-8(7-13)10(12)6-9;;/h4-7H,2-3,12H2,1H3;;/q;+1;-1. The van der Waals surface area contributed by atoms with Gasteiger partial charge in [-0.15, -0.1) is 0 Å². The molecule has 0 aliphatic rings. The summed E-state index contributed by atoms with van der Waals surface area (Å²) in [7, 11) is 0. The molecule has 0 fully saturated rings. The molecule has 0 heterocycles. The van der Waals surface area contributed by atoms with Crippen LogP contribution in [0.1, 0.15) is 31.6 Å². The molecule has 0 spiro atoms. The van der Waals surface area contributed by atoms with Gasteiger partial charge in [0.05, 0.1) is 0 Å². The van der Waals surface area contributed by atoms with Crippen molar-refractivity contribution < 1.29 is 34.6 Å². The van der Waals surface area contributed by atoms with E-state index in [2.05, 4.69) is 0 Å². The zero-order chi connectivity index (χ0) is 11.3. The number of hydrogen-bond acceptors (Lipinski definition) is 4. The van der Waals surface area contributed by atoms with Gasteiger partial charge in [-0.25, -0.2) is 0 Å². The number of benzene rings is 1. The van der Waals surface area contributed by atoms with Crippen LogP contribution in [-0.4, -0.2) is 12.3 Å². The van der Waals surface area contributed by atoms with Gasteiger partial charge >= 0.3 is 24.8 Å². The van der Waals surface area contributed by atoms with Crippen molar-refractivity contribution in [1.82, 2.24) is 0 Å². The number of aldehydes is 1. The second kappa shape index (κ2) is 7.10. The van der Waals surface area contributed by atoms with Crippen LogP contribution in [0.5, 0.6) is 5.75 Å². The van der Waals surface area contributed by atoms with Gasteiger partial charge in [0, 0.05) is 23.7 Å². The summed E-state index contributed by atoms with van der Waals surface area (Å²) in [4.78, 5) is 21.6. The Bertz CT molecular complexity index is 385. The fourth-order valence-corrected chi connectivity index (χ4v) is 1.11. The van der Waals surface area contributed by atoms with Crippen molar-refractivity contribution in [1.29, 1.82) is 0 Å². The van der Waals surface area contributed by atoms with Gasteiger partial charge in [0.25, 0.3) is 0 Å². The average molecular weight is 215 g/mol. The van der Waals surface area contributed by atoms with Crippen molar-refractivity contribution in [2.75, 3.05) is 5.73 Å². The van der Waals surface area contributed by atoms with Gasteiger partial charge < -0.3 is 11.9 Å². The SMILES string of the molecule is CCCC(=O)Oc1ccc(C=O)c(N)c1.[H-].[Li+]. The molecule has 4 nitrogen and oxygen atoms in total. The Morgan fingerprint density at radius 3 is 2.75 bits per heavy atom. The third-order valence-corrected chi connectivity index (χ3v) is 1.87. The number of carbonyl (C=O) groups excluding carboxylic acids is 2. The van der Waals surface area contributed by atoms with E-state index < -0.39 is 0 Å².